The van der Waals surface area contributed by atoms with E-state index in [9.17, 15) is 18.3 Å². The lowest BCUT2D eigenvalue weighted by atomic mass is 9.80. The number of halogens is 1. The number of methoxy groups -OCH3 is 2. The van der Waals surface area contributed by atoms with Gasteiger partial charge in [-0.15, -0.1) is 0 Å². The molecule has 2 aliphatic rings. The standard InChI is InChI=1S/C31H34ClN3O7S/c1-18-13-23-25(14-19(18)2)35(43(39,40)28-12-11-21(41-5)16-27(28)42-6)30(38)31(23,22-9-7-8-10-24(22)32)34-17-20(36)15-26(34)29(37)33(3)4/h7-14,16,20,26,36H,15,17H2,1-6H3/t20-,26+,31+/m1/s1. The topological polar surface area (TPSA) is 117 Å². The van der Waals surface area contributed by atoms with Crippen molar-refractivity contribution < 1.29 is 32.6 Å². The van der Waals surface area contributed by atoms with Gasteiger partial charge in [0.2, 0.25) is 5.91 Å². The van der Waals surface area contributed by atoms with E-state index in [1.807, 2.05) is 13.8 Å². The lowest BCUT2D eigenvalue weighted by Gasteiger charge is -2.42. The van der Waals surface area contributed by atoms with Crippen LogP contribution in [0.4, 0.5) is 5.69 Å². The molecule has 3 aromatic carbocycles. The molecule has 12 heteroatoms. The molecule has 2 aliphatic heterocycles. The number of amides is 2. The van der Waals surface area contributed by atoms with Crippen molar-refractivity contribution in [3.8, 4) is 11.5 Å². The highest BCUT2D eigenvalue weighted by molar-refractivity contribution is 7.93. The van der Waals surface area contributed by atoms with Crippen molar-refractivity contribution in [2.24, 2.45) is 0 Å². The Bertz CT molecular complexity index is 1730. The number of anilines is 1. The van der Waals surface area contributed by atoms with Crippen LogP contribution in [0.15, 0.2) is 59.5 Å². The van der Waals surface area contributed by atoms with Crippen molar-refractivity contribution >= 4 is 39.1 Å². The van der Waals surface area contributed by atoms with Crippen molar-refractivity contribution in [2.75, 3.05) is 39.2 Å². The summed E-state index contributed by atoms with van der Waals surface area (Å²) in [5.74, 6) is -0.814. The van der Waals surface area contributed by atoms with Gasteiger partial charge in [0.05, 0.1) is 32.1 Å². The van der Waals surface area contributed by atoms with Crippen LogP contribution in [-0.2, 0) is 25.2 Å². The number of likely N-dealkylation sites (N-methyl/N-ethyl adjacent to an activating group) is 1. The summed E-state index contributed by atoms with van der Waals surface area (Å²) in [5, 5.41) is 11.1. The summed E-state index contributed by atoms with van der Waals surface area (Å²) in [5.41, 5.74) is 0.465. The first-order valence-electron chi connectivity index (χ1n) is 13.6. The number of hydrogen-bond acceptors (Lipinski definition) is 8. The first-order valence-corrected chi connectivity index (χ1v) is 15.5. The number of aliphatic hydroxyl groups is 1. The molecule has 0 aromatic heterocycles. The van der Waals surface area contributed by atoms with Gasteiger partial charge in [-0.05, 0) is 55.7 Å². The number of hydrogen-bond donors (Lipinski definition) is 1. The third-order valence-electron chi connectivity index (χ3n) is 8.30. The van der Waals surface area contributed by atoms with E-state index in [0.717, 1.165) is 15.4 Å². The summed E-state index contributed by atoms with van der Waals surface area (Å²) in [6.45, 7) is 3.61. The fourth-order valence-electron chi connectivity index (χ4n) is 6.12. The minimum Gasteiger partial charge on any atom is -0.497 e. The zero-order chi connectivity index (χ0) is 31.4. The van der Waals surface area contributed by atoms with Crippen LogP contribution in [0.3, 0.4) is 0 Å². The van der Waals surface area contributed by atoms with E-state index in [1.165, 1.54) is 37.3 Å². The van der Waals surface area contributed by atoms with Crippen molar-refractivity contribution in [1.82, 2.24) is 9.80 Å². The maximum atomic E-state index is 15.2. The zero-order valence-electron chi connectivity index (χ0n) is 24.8. The van der Waals surface area contributed by atoms with Gasteiger partial charge in [-0.3, -0.25) is 14.5 Å². The van der Waals surface area contributed by atoms with E-state index in [1.54, 1.807) is 55.4 Å². The molecule has 0 spiro atoms. The summed E-state index contributed by atoms with van der Waals surface area (Å²) >= 11 is 6.82. The van der Waals surface area contributed by atoms with Gasteiger partial charge in [0.1, 0.15) is 16.4 Å². The molecule has 2 heterocycles. The van der Waals surface area contributed by atoms with Gasteiger partial charge in [0.15, 0.2) is 5.54 Å². The number of benzene rings is 3. The second-order valence-corrected chi connectivity index (χ2v) is 13.2. The lowest BCUT2D eigenvalue weighted by molar-refractivity contribution is -0.138. The number of carbonyl (C=O) groups is 2. The van der Waals surface area contributed by atoms with E-state index in [-0.39, 0.29) is 40.2 Å². The molecule has 0 unspecified atom stereocenters. The van der Waals surface area contributed by atoms with E-state index in [0.29, 0.717) is 16.9 Å². The Hall–Kier alpha value is -3.64. The van der Waals surface area contributed by atoms with Gasteiger partial charge in [0.25, 0.3) is 15.9 Å². The number of likely N-dealkylation sites (tertiary alicyclic amines) is 1. The van der Waals surface area contributed by atoms with Crippen LogP contribution < -0.4 is 13.8 Å². The highest BCUT2D eigenvalue weighted by Gasteiger charge is 2.63. The minimum atomic E-state index is -4.61. The summed E-state index contributed by atoms with van der Waals surface area (Å²) in [6.07, 6.45) is -0.904. The summed E-state index contributed by atoms with van der Waals surface area (Å²) in [4.78, 5) is 31.5. The highest BCUT2D eigenvalue weighted by Crippen LogP contribution is 2.54. The Morgan fingerprint density at radius 2 is 1.70 bits per heavy atom. The second-order valence-electron chi connectivity index (χ2n) is 11.0. The summed E-state index contributed by atoms with van der Waals surface area (Å²) < 4.78 is 40.7. The molecule has 43 heavy (non-hydrogen) atoms. The van der Waals surface area contributed by atoms with Gasteiger partial charge >= 0.3 is 0 Å². The average Bonchev–Trinajstić information content (AvgIpc) is 3.47. The molecule has 2 amide bonds. The number of β-amino-alcohol motifs (C(OH)–C–C–N with tert-alkyl or cyclic N) is 1. The van der Waals surface area contributed by atoms with Gasteiger partial charge in [-0.1, -0.05) is 35.9 Å². The van der Waals surface area contributed by atoms with Crippen LogP contribution in [0.1, 0.15) is 28.7 Å². The Labute approximate surface area is 256 Å². The Balaban J connectivity index is 1.88. The van der Waals surface area contributed by atoms with Crippen LogP contribution in [0.5, 0.6) is 11.5 Å². The summed E-state index contributed by atoms with van der Waals surface area (Å²) in [7, 11) is 1.36. The molecule has 3 aromatic rings. The van der Waals surface area contributed by atoms with E-state index < -0.39 is 33.6 Å². The predicted molar refractivity (Wildman–Crippen MR) is 162 cm³/mol. The third-order valence-corrected chi connectivity index (χ3v) is 10.4. The molecule has 1 fully saturated rings. The molecule has 3 atom stereocenters. The van der Waals surface area contributed by atoms with Crippen molar-refractivity contribution in [3.63, 3.8) is 0 Å². The highest BCUT2D eigenvalue weighted by atomic mass is 35.5. The Morgan fingerprint density at radius 3 is 2.33 bits per heavy atom. The Kier molecular flexibility index (Phi) is 7.97. The van der Waals surface area contributed by atoms with Gasteiger partial charge in [-0.25, -0.2) is 12.7 Å². The first kappa shape index (κ1) is 30.8. The number of sulfonamides is 1. The van der Waals surface area contributed by atoms with Crippen LogP contribution in [0.2, 0.25) is 5.02 Å². The molecule has 0 bridgehead atoms. The molecule has 1 saturated heterocycles. The van der Waals surface area contributed by atoms with Gasteiger partial charge in [-0.2, -0.15) is 0 Å². The zero-order valence-corrected chi connectivity index (χ0v) is 26.4. The number of aliphatic hydroxyl groups excluding tert-OH is 1. The number of nitrogens with zero attached hydrogens (tertiary/aromatic N) is 3. The fourth-order valence-corrected chi connectivity index (χ4v) is 7.99. The normalized spacial score (nSPS) is 22.0. The fraction of sp³-hybridized carbons (Fsp3) is 0.355. The van der Waals surface area contributed by atoms with Crippen LogP contribution >= 0.6 is 11.6 Å². The molecule has 0 saturated carbocycles. The van der Waals surface area contributed by atoms with Crippen molar-refractivity contribution in [1.29, 1.82) is 0 Å². The SMILES string of the molecule is COc1ccc(S(=O)(=O)N2C(=O)[C@@](c3ccccc3Cl)(N3C[C@H](O)C[C@H]3C(=O)N(C)C)c3cc(C)c(C)cc32)c(OC)c1. The maximum Gasteiger partial charge on any atom is 0.274 e. The molecule has 1 N–H and O–H groups in total. The quantitative estimate of drug-likeness (QED) is 0.423. The van der Waals surface area contributed by atoms with E-state index in [2.05, 4.69) is 0 Å². The largest absolute Gasteiger partial charge is 0.497 e. The summed E-state index contributed by atoms with van der Waals surface area (Å²) in [6, 6.07) is 13.4. The van der Waals surface area contributed by atoms with E-state index in [4.69, 9.17) is 21.1 Å². The smallest absolute Gasteiger partial charge is 0.274 e. The predicted octanol–water partition coefficient (Wildman–Crippen LogP) is 3.48. The molecule has 0 aliphatic carbocycles. The molecule has 0 radical (unpaired) electrons. The minimum absolute atomic E-state index is 0.00923. The molecule has 5 rings (SSSR count). The third kappa shape index (κ3) is 4.66. The molecular formula is C31H34ClN3O7S. The number of carbonyl (C=O) groups excluding carboxylic acids is 2. The first-order chi connectivity index (χ1) is 20.3. The average molecular weight is 628 g/mol. The number of aryl methyl sites for hydroxylation is 2. The number of rotatable bonds is 7. The number of fused-ring (bicyclic) bond motifs is 1. The molecule has 228 valence electrons. The van der Waals surface area contributed by atoms with Crippen LogP contribution in [0.25, 0.3) is 0 Å². The number of ether oxygens (including phenoxy) is 2. The monoisotopic (exact) mass is 627 g/mol. The maximum absolute atomic E-state index is 15.2. The molecule has 10 nitrogen and oxygen atoms in total. The van der Waals surface area contributed by atoms with Gasteiger partial charge < -0.3 is 19.5 Å². The lowest BCUT2D eigenvalue weighted by Crippen LogP contribution is -2.59. The molecular weight excluding hydrogens is 594 g/mol. The van der Waals surface area contributed by atoms with Crippen LogP contribution in [0, 0.1) is 13.8 Å². The second kappa shape index (κ2) is 11.1. The van der Waals surface area contributed by atoms with Gasteiger partial charge in [0, 0.05) is 42.9 Å². The van der Waals surface area contributed by atoms with Crippen molar-refractivity contribution in [2.45, 2.75) is 42.8 Å². The van der Waals surface area contributed by atoms with E-state index >= 15 is 4.79 Å². The Morgan fingerprint density at radius 1 is 1.02 bits per heavy atom. The van der Waals surface area contributed by atoms with Crippen molar-refractivity contribution in [3.05, 3.63) is 81.9 Å². The van der Waals surface area contributed by atoms with Crippen LogP contribution in [-0.4, -0.2) is 82.1 Å².